The molecule has 1 saturated heterocycles. The fraction of sp³-hybridized carbons (Fsp3) is 0.909. The number of amides is 1. The van der Waals surface area contributed by atoms with Crippen LogP contribution in [0.2, 0.25) is 0 Å². The Morgan fingerprint density at radius 3 is 2.11 bits per heavy atom. The maximum Gasteiger partial charge on any atom is 0.463 e. The molecule has 7 heteroatoms. The molecule has 1 aliphatic rings. The van der Waals surface area contributed by atoms with Gasteiger partial charge in [0.05, 0.1) is 0 Å². The minimum atomic E-state index is -5.83. The lowest BCUT2D eigenvalue weighted by Gasteiger charge is -2.27. The number of hydrogen-bond donors (Lipinski definition) is 0. The molecule has 0 bridgehead atoms. The van der Waals surface area contributed by atoms with Crippen LogP contribution in [-0.4, -0.2) is 36.0 Å². The van der Waals surface area contributed by atoms with Gasteiger partial charge < -0.3 is 4.90 Å². The SMILES string of the molecule is CC1(C)CCCN(C(=O)C(F)(F)C(F)(F)F)CC1. The first-order valence-electron chi connectivity index (χ1n) is 5.71. The summed E-state index contributed by atoms with van der Waals surface area (Å²) in [7, 11) is 0. The quantitative estimate of drug-likeness (QED) is 0.672. The van der Waals surface area contributed by atoms with Crippen LogP contribution in [0.3, 0.4) is 0 Å². The van der Waals surface area contributed by atoms with Gasteiger partial charge in [0.25, 0.3) is 0 Å². The smallest absolute Gasteiger partial charge is 0.337 e. The third-order valence-corrected chi connectivity index (χ3v) is 3.25. The number of halogens is 5. The van der Waals surface area contributed by atoms with E-state index in [-0.39, 0.29) is 18.5 Å². The van der Waals surface area contributed by atoms with Gasteiger partial charge in [0.1, 0.15) is 0 Å². The van der Waals surface area contributed by atoms with Crippen molar-refractivity contribution in [1.82, 2.24) is 4.90 Å². The molecule has 1 amide bonds. The van der Waals surface area contributed by atoms with Crippen molar-refractivity contribution in [2.45, 2.75) is 45.2 Å². The van der Waals surface area contributed by atoms with Crippen LogP contribution in [0.1, 0.15) is 33.1 Å². The fourth-order valence-electron chi connectivity index (χ4n) is 1.95. The van der Waals surface area contributed by atoms with E-state index in [4.69, 9.17) is 0 Å². The largest absolute Gasteiger partial charge is 0.463 e. The van der Waals surface area contributed by atoms with E-state index in [1.54, 1.807) is 0 Å². The molecule has 0 saturated carbocycles. The van der Waals surface area contributed by atoms with Gasteiger partial charge in [0.2, 0.25) is 0 Å². The van der Waals surface area contributed by atoms with E-state index >= 15 is 0 Å². The van der Waals surface area contributed by atoms with E-state index in [2.05, 4.69) is 0 Å². The van der Waals surface area contributed by atoms with E-state index in [9.17, 15) is 26.7 Å². The molecule has 0 radical (unpaired) electrons. The van der Waals surface area contributed by atoms with Crippen LogP contribution < -0.4 is 0 Å². The van der Waals surface area contributed by atoms with E-state index in [0.717, 1.165) is 0 Å². The molecule has 1 aliphatic heterocycles. The molecular weight excluding hydrogens is 257 g/mol. The number of carbonyl (C=O) groups is 1. The molecule has 18 heavy (non-hydrogen) atoms. The van der Waals surface area contributed by atoms with Crippen molar-refractivity contribution < 1.29 is 26.7 Å². The maximum atomic E-state index is 12.9. The lowest BCUT2D eigenvalue weighted by Crippen LogP contribution is -2.52. The van der Waals surface area contributed by atoms with E-state index in [0.29, 0.717) is 24.2 Å². The summed E-state index contributed by atoms with van der Waals surface area (Å²) in [6.07, 6.45) is -4.26. The number of likely N-dealkylation sites (tertiary alicyclic amines) is 1. The van der Waals surface area contributed by atoms with Crippen LogP contribution in [0, 0.1) is 5.41 Å². The molecule has 106 valence electrons. The van der Waals surface area contributed by atoms with Gasteiger partial charge in [-0.3, -0.25) is 4.79 Å². The molecule has 1 heterocycles. The Hall–Kier alpha value is -0.880. The van der Waals surface area contributed by atoms with Crippen molar-refractivity contribution in [1.29, 1.82) is 0 Å². The zero-order chi connectivity index (χ0) is 14.2. The summed E-state index contributed by atoms with van der Waals surface area (Å²) in [5.41, 5.74) is -0.136. The van der Waals surface area contributed by atoms with Crippen LogP contribution in [0.25, 0.3) is 0 Å². The third kappa shape index (κ3) is 3.11. The van der Waals surface area contributed by atoms with Gasteiger partial charge in [0.15, 0.2) is 0 Å². The van der Waals surface area contributed by atoms with Gasteiger partial charge in [-0.1, -0.05) is 13.8 Å². The van der Waals surface area contributed by atoms with Gasteiger partial charge in [-0.2, -0.15) is 22.0 Å². The van der Waals surface area contributed by atoms with Crippen molar-refractivity contribution >= 4 is 5.91 Å². The summed E-state index contributed by atoms with van der Waals surface area (Å²) in [6, 6.07) is 0. The molecular formula is C11H16F5NO. The third-order valence-electron chi connectivity index (χ3n) is 3.25. The van der Waals surface area contributed by atoms with E-state index in [1.165, 1.54) is 0 Å². The van der Waals surface area contributed by atoms with Crippen LogP contribution in [0.5, 0.6) is 0 Å². The maximum absolute atomic E-state index is 12.9. The molecule has 1 fully saturated rings. The first kappa shape index (κ1) is 15.2. The van der Waals surface area contributed by atoms with Crippen LogP contribution >= 0.6 is 0 Å². The van der Waals surface area contributed by atoms with Gasteiger partial charge in [-0.15, -0.1) is 0 Å². The Kier molecular flexibility index (Phi) is 3.93. The van der Waals surface area contributed by atoms with Crippen molar-refractivity contribution in [2.75, 3.05) is 13.1 Å². The summed E-state index contributed by atoms with van der Waals surface area (Å²) >= 11 is 0. The summed E-state index contributed by atoms with van der Waals surface area (Å²) in [5.74, 6) is -7.42. The van der Waals surface area contributed by atoms with Crippen molar-refractivity contribution in [3.63, 3.8) is 0 Å². The lowest BCUT2D eigenvalue weighted by molar-refractivity contribution is -0.274. The molecule has 0 aromatic heterocycles. The average molecular weight is 273 g/mol. The first-order chi connectivity index (χ1) is 7.97. The van der Waals surface area contributed by atoms with Gasteiger partial charge in [-0.05, 0) is 24.7 Å². The first-order valence-corrected chi connectivity index (χ1v) is 5.71. The predicted octanol–water partition coefficient (Wildman–Crippen LogP) is 3.22. The molecule has 0 atom stereocenters. The number of rotatable bonds is 1. The standard InChI is InChI=1S/C11H16F5NO/c1-9(2)4-3-6-17(7-5-9)8(18)10(12,13)11(14,15)16/h3-7H2,1-2H3. The second kappa shape index (κ2) is 4.66. The molecule has 0 aromatic rings. The topological polar surface area (TPSA) is 20.3 Å². The number of nitrogens with zero attached hydrogens (tertiary/aromatic N) is 1. The highest BCUT2D eigenvalue weighted by Gasteiger charge is 2.64. The highest BCUT2D eigenvalue weighted by Crippen LogP contribution is 2.38. The van der Waals surface area contributed by atoms with Crippen LogP contribution in [0.15, 0.2) is 0 Å². The molecule has 0 aromatic carbocycles. The monoisotopic (exact) mass is 273 g/mol. The Balaban J connectivity index is 2.79. The average Bonchev–Trinajstić information content (AvgIpc) is 2.36. The molecule has 0 unspecified atom stereocenters. The number of hydrogen-bond acceptors (Lipinski definition) is 1. The molecule has 1 rings (SSSR count). The Labute approximate surface area is 102 Å². The Morgan fingerprint density at radius 1 is 1.06 bits per heavy atom. The van der Waals surface area contributed by atoms with Gasteiger partial charge >= 0.3 is 18.0 Å². The fourth-order valence-corrected chi connectivity index (χ4v) is 1.95. The van der Waals surface area contributed by atoms with Crippen LogP contribution in [0.4, 0.5) is 22.0 Å². The second-order valence-corrected chi connectivity index (χ2v) is 5.38. The molecule has 0 spiro atoms. The number of carbonyl (C=O) groups excluding carboxylic acids is 1. The zero-order valence-corrected chi connectivity index (χ0v) is 10.3. The summed E-state index contributed by atoms with van der Waals surface area (Å²) < 4.78 is 62.1. The summed E-state index contributed by atoms with van der Waals surface area (Å²) in [6.45, 7) is 3.71. The molecule has 0 aliphatic carbocycles. The Bertz CT molecular complexity index is 324. The van der Waals surface area contributed by atoms with Crippen LogP contribution in [-0.2, 0) is 4.79 Å². The van der Waals surface area contributed by atoms with Crippen molar-refractivity contribution in [2.24, 2.45) is 5.41 Å². The number of alkyl halides is 5. The van der Waals surface area contributed by atoms with E-state index in [1.807, 2.05) is 13.8 Å². The minimum Gasteiger partial charge on any atom is -0.337 e. The second-order valence-electron chi connectivity index (χ2n) is 5.38. The molecule has 0 N–H and O–H groups in total. The predicted molar refractivity (Wildman–Crippen MR) is 55.2 cm³/mol. The highest BCUT2D eigenvalue weighted by atomic mass is 19.4. The summed E-state index contributed by atoms with van der Waals surface area (Å²) in [4.78, 5) is 11.9. The highest BCUT2D eigenvalue weighted by molar-refractivity contribution is 5.84. The normalized spacial score (nSPS) is 21.6. The lowest BCUT2D eigenvalue weighted by atomic mass is 9.85. The van der Waals surface area contributed by atoms with Gasteiger partial charge in [-0.25, -0.2) is 0 Å². The minimum absolute atomic E-state index is 0.0477. The molecule has 2 nitrogen and oxygen atoms in total. The summed E-state index contributed by atoms with van der Waals surface area (Å²) in [5, 5.41) is 0. The Morgan fingerprint density at radius 2 is 1.61 bits per heavy atom. The van der Waals surface area contributed by atoms with Crippen molar-refractivity contribution in [3.8, 4) is 0 Å². The zero-order valence-electron chi connectivity index (χ0n) is 10.3. The van der Waals surface area contributed by atoms with E-state index < -0.39 is 18.0 Å². The van der Waals surface area contributed by atoms with Gasteiger partial charge in [0, 0.05) is 13.1 Å². The van der Waals surface area contributed by atoms with Crippen molar-refractivity contribution in [3.05, 3.63) is 0 Å².